The first-order valence-corrected chi connectivity index (χ1v) is 7.74. The molecule has 1 fully saturated rings. The number of nitrogens with one attached hydrogen (secondary N) is 1. The molecule has 6 heteroatoms. The first kappa shape index (κ1) is 16.6. The van der Waals surface area contributed by atoms with E-state index in [1.54, 1.807) is 25.1 Å². The average Bonchev–Trinajstić information content (AvgIpc) is 3.01. The molecule has 22 heavy (non-hydrogen) atoms. The maximum absolute atomic E-state index is 12.2. The molecule has 1 N–H and O–H groups in total. The fourth-order valence-electron chi connectivity index (χ4n) is 2.50. The molecule has 0 heterocycles. The van der Waals surface area contributed by atoms with E-state index in [9.17, 15) is 9.59 Å². The zero-order chi connectivity index (χ0) is 16.1. The number of hydrogen-bond donors (Lipinski definition) is 1. The van der Waals surface area contributed by atoms with Gasteiger partial charge in [0.15, 0.2) is 6.10 Å². The Morgan fingerprint density at radius 1 is 1.32 bits per heavy atom. The van der Waals surface area contributed by atoms with E-state index >= 15 is 0 Å². The zero-order valence-electron chi connectivity index (χ0n) is 12.7. The highest BCUT2D eigenvalue weighted by Gasteiger charge is 2.27. The van der Waals surface area contributed by atoms with E-state index in [2.05, 4.69) is 5.32 Å². The highest BCUT2D eigenvalue weighted by molar-refractivity contribution is 6.31. The largest absolute Gasteiger partial charge is 0.495 e. The second-order valence-corrected chi connectivity index (χ2v) is 5.83. The number of amides is 1. The summed E-state index contributed by atoms with van der Waals surface area (Å²) in [6, 6.07) is 4.91. The van der Waals surface area contributed by atoms with Crippen LogP contribution in [0.3, 0.4) is 0 Å². The van der Waals surface area contributed by atoms with E-state index in [1.165, 1.54) is 7.11 Å². The quantitative estimate of drug-likeness (QED) is 0.843. The number of methoxy groups -OCH3 is 1. The molecule has 1 amide bonds. The Morgan fingerprint density at radius 2 is 2.00 bits per heavy atom. The van der Waals surface area contributed by atoms with Crippen molar-refractivity contribution < 1.29 is 19.1 Å². The smallest absolute Gasteiger partial charge is 0.309 e. The molecule has 120 valence electrons. The van der Waals surface area contributed by atoms with Crippen molar-refractivity contribution in [2.45, 2.75) is 38.7 Å². The highest BCUT2D eigenvalue weighted by atomic mass is 35.5. The third-order valence-corrected chi connectivity index (χ3v) is 4.01. The second-order valence-electron chi connectivity index (χ2n) is 5.39. The number of carbonyl (C=O) groups excluding carboxylic acids is 2. The molecule has 0 aromatic heterocycles. The molecule has 1 atom stereocenters. The van der Waals surface area contributed by atoms with Crippen molar-refractivity contribution in [3.8, 4) is 5.75 Å². The van der Waals surface area contributed by atoms with Crippen LogP contribution in [0.5, 0.6) is 5.75 Å². The van der Waals surface area contributed by atoms with Crippen LogP contribution in [0.2, 0.25) is 5.02 Å². The van der Waals surface area contributed by atoms with Gasteiger partial charge in [-0.2, -0.15) is 0 Å². The summed E-state index contributed by atoms with van der Waals surface area (Å²) < 4.78 is 10.4. The summed E-state index contributed by atoms with van der Waals surface area (Å²) >= 11 is 5.92. The van der Waals surface area contributed by atoms with Gasteiger partial charge in [0.1, 0.15) is 5.75 Å². The number of esters is 1. The van der Waals surface area contributed by atoms with Crippen molar-refractivity contribution in [2.24, 2.45) is 5.92 Å². The van der Waals surface area contributed by atoms with Crippen molar-refractivity contribution in [2.75, 3.05) is 12.4 Å². The molecule has 0 spiro atoms. The van der Waals surface area contributed by atoms with Crippen LogP contribution in [0.4, 0.5) is 5.69 Å². The van der Waals surface area contributed by atoms with E-state index in [4.69, 9.17) is 21.1 Å². The predicted octanol–water partition coefficient (Wildman–Crippen LogP) is 3.41. The number of halogens is 1. The van der Waals surface area contributed by atoms with Gasteiger partial charge in [0.25, 0.3) is 5.91 Å². The zero-order valence-corrected chi connectivity index (χ0v) is 13.5. The van der Waals surface area contributed by atoms with Crippen LogP contribution in [-0.2, 0) is 14.3 Å². The Kier molecular flexibility index (Phi) is 5.66. The lowest BCUT2D eigenvalue weighted by Crippen LogP contribution is -2.32. The molecule has 0 unspecified atom stereocenters. The predicted molar refractivity (Wildman–Crippen MR) is 84.1 cm³/mol. The lowest BCUT2D eigenvalue weighted by atomic mass is 10.1. The molecule has 1 aromatic carbocycles. The van der Waals surface area contributed by atoms with Crippen LogP contribution < -0.4 is 10.1 Å². The third-order valence-electron chi connectivity index (χ3n) is 3.77. The molecule has 1 aliphatic carbocycles. The molecular weight excluding hydrogens is 306 g/mol. The second kappa shape index (κ2) is 7.49. The van der Waals surface area contributed by atoms with Gasteiger partial charge in [-0.25, -0.2) is 0 Å². The highest BCUT2D eigenvalue weighted by Crippen LogP contribution is 2.28. The average molecular weight is 326 g/mol. The van der Waals surface area contributed by atoms with Gasteiger partial charge in [0.05, 0.1) is 18.7 Å². The first-order valence-electron chi connectivity index (χ1n) is 7.36. The standard InChI is InChI=1S/C16H20ClNO4/c1-10(22-16(20)11-5-3-4-6-11)15(19)18-13-9-12(17)7-8-14(13)21-2/h7-11H,3-6H2,1-2H3,(H,18,19)/t10-/m0/s1. The normalized spacial score (nSPS) is 16.1. The van der Waals surface area contributed by atoms with Crippen molar-refractivity contribution >= 4 is 29.2 Å². The maximum atomic E-state index is 12.2. The molecule has 0 aliphatic heterocycles. The summed E-state index contributed by atoms with van der Waals surface area (Å²) in [6.45, 7) is 1.55. The molecule has 0 bridgehead atoms. The van der Waals surface area contributed by atoms with Gasteiger partial charge in [0.2, 0.25) is 0 Å². The molecule has 0 saturated heterocycles. The first-order chi connectivity index (χ1) is 10.5. The van der Waals surface area contributed by atoms with E-state index in [1.807, 2.05) is 0 Å². The number of ether oxygens (including phenoxy) is 2. The van der Waals surface area contributed by atoms with Crippen LogP contribution in [0, 0.1) is 5.92 Å². The number of rotatable bonds is 5. The van der Waals surface area contributed by atoms with Crippen LogP contribution >= 0.6 is 11.6 Å². The molecule has 1 saturated carbocycles. The van der Waals surface area contributed by atoms with Crippen molar-refractivity contribution in [3.63, 3.8) is 0 Å². The lowest BCUT2D eigenvalue weighted by molar-refractivity contribution is -0.157. The number of hydrogen-bond acceptors (Lipinski definition) is 4. The minimum absolute atomic E-state index is 0.0732. The van der Waals surface area contributed by atoms with Gasteiger partial charge < -0.3 is 14.8 Å². The molecule has 1 aliphatic rings. The number of carbonyl (C=O) groups is 2. The Balaban J connectivity index is 1.96. The molecule has 5 nitrogen and oxygen atoms in total. The fraction of sp³-hybridized carbons (Fsp3) is 0.500. The molecule has 1 aromatic rings. The number of anilines is 1. The molecule has 0 radical (unpaired) electrons. The van der Waals surface area contributed by atoms with Gasteiger partial charge in [-0.15, -0.1) is 0 Å². The van der Waals surface area contributed by atoms with Crippen LogP contribution in [-0.4, -0.2) is 25.1 Å². The van der Waals surface area contributed by atoms with Gasteiger partial charge in [-0.1, -0.05) is 24.4 Å². The monoisotopic (exact) mass is 325 g/mol. The minimum Gasteiger partial charge on any atom is -0.495 e. The van der Waals surface area contributed by atoms with Gasteiger partial charge >= 0.3 is 5.97 Å². The minimum atomic E-state index is -0.864. The maximum Gasteiger partial charge on any atom is 0.309 e. The summed E-state index contributed by atoms with van der Waals surface area (Å²) in [5.74, 6) is -0.284. The van der Waals surface area contributed by atoms with E-state index in [0.29, 0.717) is 16.5 Å². The van der Waals surface area contributed by atoms with Gasteiger partial charge in [-0.3, -0.25) is 9.59 Å². The Hall–Kier alpha value is -1.75. The van der Waals surface area contributed by atoms with E-state index in [-0.39, 0.29) is 11.9 Å². The van der Waals surface area contributed by atoms with Crippen molar-refractivity contribution in [1.82, 2.24) is 0 Å². The molecular formula is C16H20ClNO4. The van der Waals surface area contributed by atoms with E-state index < -0.39 is 12.0 Å². The van der Waals surface area contributed by atoms with Gasteiger partial charge in [-0.05, 0) is 38.0 Å². The van der Waals surface area contributed by atoms with Crippen LogP contribution in [0.15, 0.2) is 18.2 Å². The molecule has 2 rings (SSSR count). The lowest BCUT2D eigenvalue weighted by Gasteiger charge is -2.17. The van der Waals surface area contributed by atoms with Crippen LogP contribution in [0.1, 0.15) is 32.6 Å². The number of benzene rings is 1. The Morgan fingerprint density at radius 3 is 2.64 bits per heavy atom. The van der Waals surface area contributed by atoms with E-state index in [0.717, 1.165) is 25.7 Å². The summed E-state index contributed by atoms with van der Waals surface area (Å²) in [5.41, 5.74) is 0.448. The Labute approximate surface area is 134 Å². The van der Waals surface area contributed by atoms with Crippen LogP contribution in [0.25, 0.3) is 0 Å². The summed E-state index contributed by atoms with van der Waals surface area (Å²) in [6.07, 6.45) is 2.90. The van der Waals surface area contributed by atoms with Crippen molar-refractivity contribution in [3.05, 3.63) is 23.2 Å². The third kappa shape index (κ3) is 4.13. The SMILES string of the molecule is COc1ccc(Cl)cc1NC(=O)[C@H](C)OC(=O)C1CCCC1. The van der Waals surface area contributed by atoms with Crippen molar-refractivity contribution in [1.29, 1.82) is 0 Å². The fourth-order valence-corrected chi connectivity index (χ4v) is 2.67. The summed E-state index contributed by atoms with van der Waals surface area (Å²) in [5, 5.41) is 3.15. The van der Waals surface area contributed by atoms with Gasteiger partial charge in [0, 0.05) is 5.02 Å². The summed E-state index contributed by atoms with van der Waals surface area (Å²) in [4.78, 5) is 24.1. The summed E-state index contributed by atoms with van der Waals surface area (Å²) in [7, 11) is 1.50. The topological polar surface area (TPSA) is 64.6 Å². The Bertz CT molecular complexity index is 555.